The van der Waals surface area contributed by atoms with Gasteiger partial charge in [-0.15, -0.1) is 0 Å². The molecule has 0 amide bonds. The van der Waals surface area contributed by atoms with Gasteiger partial charge in [-0.05, 0) is 20.8 Å². The van der Waals surface area contributed by atoms with E-state index in [0.29, 0.717) is 23.2 Å². The molecular formula is C10H20N2OS. The quantitative estimate of drug-likeness (QED) is 0.719. The van der Waals surface area contributed by atoms with Gasteiger partial charge in [0.1, 0.15) is 0 Å². The van der Waals surface area contributed by atoms with Crippen LogP contribution in [0.3, 0.4) is 0 Å². The lowest BCUT2D eigenvalue weighted by Gasteiger charge is -2.38. The molecule has 1 aliphatic rings. The number of hydrogen-bond donors (Lipinski definition) is 1. The molecule has 0 spiro atoms. The van der Waals surface area contributed by atoms with Crippen LogP contribution in [-0.4, -0.2) is 41.2 Å². The molecule has 14 heavy (non-hydrogen) atoms. The minimum atomic E-state index is 0.313. The first-order chi connectivity index (χ1) is 6.49. The first-order valence-corrected chi connectivity index (χ1v) is 5.57. The van der Waals surface area contributed by atoms with E-state index in [1.807, 2.05) is 0 Å². The summed E-state index contributed by atoms with van der Waals surface area (Å²) >= 11 is 4.92. The molecule has 2 N–H and O–H groups in total. The lowest BCUT2D eigenvalue weighted by molar-refractivity contribution is -0.0776. The Labute approximate surface area is 91.6 Å². The number of ether oxygens (including phenoxy) is 1. The average Bonchev–Trinajstić information content (AvgIpc) is 2.00. The van der Waals surface area contributed by atoms with Crippen LogP contribution in [0, 0.1) is 0 Å². The van der Waals surface area contributed by atoms with E-state index in [1.165, 1.54) is 0 Å². The molecule has 4 heteroatoms. The molecule has 0 radical (unpaired) electrons. The Morgan fingerprint density at radius 1 is 1.50 bits per heavy atom. The molecule has 1 saturated heterocycles. The zero-order valence-electron chi connectivity index (χ0n) is 9.19. The number of nitrogens with zero attached hydrogens (tertiary/aromatic N) is 1. The summed E-state index contributed by atoms with van der Waals surface area (Å²) in [7, 11) is 0. The van der Waals surface area contributed by atoms with Gasteiger partial charge in [0.05, 0.1) is 17.2 Å². The van der Waals surface area contributed by atoms with Gasteiger partial charge in [0.2, 0.25) is 0 Å². The van der Waals surface area contributed by atoms with Crippen molar-refractivity contribution < 1.29 is 4.74 Å². The standard InChI is InChI=1S/C10H20N2OS/c1-7(4-10(11)14)12-5-8(2)13-9(3)6-12/h7-9H,4-6H2,1-3H3,(H2,11,14). The van der Waals surface area contributed by atoms with Crippen LogP contribution in [0.2, 0.25) is 0 Å². The Hall–Kier alpha value is -0.190. The van der Waals surface area contributed by atoms with E-state index < -0.39 is 0 Å². The topological polar surface area (TPSA) is 38.5 Å². The van der Waals surface area contributed by atoms with Crippen molar-refractivity contribution in [3.05, 3.63) is 0 Å². The van der Waals surface area contributed by atoms with Crippen molar-refractivity contribution in [2.24, 2.45) is 5.73 Å². The Bertz CT molecular complexity index is 200. The predicted molar refractivity (Wildman–Crippen MR) is 62.4 cm³/mol. The van der Waals surface area contributed by atoms with E-state index in [-0.39, 0.29) is 0 Å². The lowest BCUT2D eigenvalue weighted by Crippen LogP contribution is -2.49. The van der Waals surface area contributed by atoms with Crippen LogP contribution in [0.4, 0.5) is 0 Å². The summed E-state index contributed by atoms with van der Waals surface area (Å²) < 4.78 is 5.67. The van der Waals surface area contributed by atoms with Crippen molar-refractivity contribution in [1.29, 1.82) is 0 Å². The van der Waals surface area contributed by atoms with Crippen LogP contribution in [0.15, 0.2) is 0 Å². The molecule has 0 aromatic rings. The van der Waals surface area contributed by atoms with Crippen molar-refractivity contribution in [3.8, 4) is 0 Å². The second-order valence-corrected chi connectivity index (χ2v) is 4.76. The van der Waals surface area contributed by atoms with E-state index in [4.69, 9.17) is 22.7 Å². The van der Waals surface area contributed by atoms with E-state index in [0.717, 1.165) is 19.5 Å². The highest BCUT2D eigenvalue weighted by Crippen LogP contribution is 2.15. The summed E-state index contributed by atoms with van der Waals surface area (Å²) in [5, 5.41) is 0. The maximum atomic E-state index is 5.67. The molecule has 1 rings (SSSR count). The van der Waals surface area contributed by atoms with Gasteiger partial charge in [-0.25, -0.2) is 0 Å². The lowest BCUT2D eigenvalue weighted by atomic mass is 10.1. The zero-order valence-corrected chi connectivity index (χ0v) is 10.0. The predicted octanol–water partition coefficient (Wildman–Crippen LogP) is 1.16. The van der Waals surface area contributed by atoms with E-state index in [2.05, 4.69) is 25.7 Å². The second-order valence-electron chi connectivity index (χ2n) is 4.23. The summed E-state index contributed by atoms with van der Waals surface area (Å²) in [6.45, 7) is 8.35. The molecular weight excluding hydrogens is 196 g/mol. The van der Waals surface area contributed by atoms with Crippen LogP contribution in [-0.2, 0) is 4.74 Å². The number of thiocarbonyl (C=S) groups is 1. The first kappa shape index (κ1) is 11.9. The fourth-order valence-electron chi connectivity index (χ4n) is 2.00. The van der Waals surface area contributed by atoms with Crippen molar-refractivity contribution >= 4 is 17.2 Å². The summed E-state index contributed by atoms with van der Waals surface area (Å²) in [6, 6.07) is 0.432. The SMILES string of the molecule is CC1CN(C(C)CC(N)=S)CC(C)O1. The maximum Gasteiger partial charge on any atom is 0.0742 e. The first-order valence-electron chi connectivity index (χ1n) is 5.17. The molecule has 3 nitrogen and oxygen atoms in total. The van der Waals surface area contributed by atoms with Crippen LogP contribution >= 0.6 is 12.2 Å². The second kappa shape index (κ2) is 5.05. The Balaban J connectivity index is 2.46. The highest BCUT2D eigenvalue weighted by molar-refractivity contribution is 7.80. The molecule has 0 saturated carbocycles. The van der Waals surface area contributed by atoms with Crippen molar-refractivity contribution in [1.82, 2.24) is 4.90 Å². The van der Waals surface area contributed by atoms with Gasteiger partial charge in [-0.2, -0.15) is 0 Å². The molecule has 0 aliphatic carbocycles. The van der Waals surface area contributed by atoms with Gasteiger partial charge in [0, 0.05) is 25.6 Å². The van der Waals surface area contributed by atoms with Gasteiger partial charge < -0.3 is 10.5 Å². The molecule has 0 aromatic carbocycles. The Morgan fingerprint density at radius 2 is 2.00 bits per heavy atom. The summed E-state index contributed by atoms with van der Waals surface area (Å²) in [6.07, 6.45) is 1.43. The highest BCUT2D eigenvalue weighted by atomic mass is 32.1. The van der Waals surface area contributed by atoms with Crippen molar-refractivity contribution in [3.63, 3.8) is 0 Å². The molecule has 0 aromatic heterocycles. The van der Waals surface area contributed by atoms with Crippen LogP contribution < -0.4 is 5.73 Å². The Morgan fingerprint density at radius 3 is 2.43 bits per heavy atom. The number of hydrogen-bond acceptors (Lipinski definition) is 3. The van der Waals surface area contributed by atoms with Crippen LogP contribution in [0.25, 0.3) is 0 Å². The van der Waals surface area contributed by atoms with Gasteiger partial charge >= 0.3 is 0 Å². The average molecular weight is 216 g/mol. The number of morpholine rings is 1. The van der Waals surface area contributed by atoms with E-state index in [1.54, 1.807) is 0 Å². The molecule has 1 fully saturated rings. The van der Waals surface area contributed by atoms with Crippen LogP contribution in [0.5, 0.6) is 0 Å². The van der Waals surface area contributed by atoms with Gasteiger partial charge in [0.25, 0.3) is 0 Å². The summed E-state index contributed by atoms with van der Waals surface area (Å²) in [5.41, 5.74) is 5.54. The van der Waals surface area contributed by atoms with Crippen LogP contribution in [0.1, 0.15) is 27.2 Å². The smallest absolute Gasteiger partial charge is 0.0742 e. The third-order valence-electron chi connectivity index (χ3n) is 2.57. The molecule has 1 heterocycles. The third kappa shape index (κ3) is 3.52. The largest absolute Gasteiger partial charge is 0.393 e. The van der Waals surface area contributed by atoms with Gasteiger partial charge in [0.15, 0.2) is 0 Å². The molecule has 3 unspecified atom stereocenters. The van der Waals surface area contributed by atoms with Crippen molar-refractivity contribution in [2.45, 2.75) is 45.4 Å². The van der Waals surface area contributed by atoms with Crippen molar-refractivity contribution in [2.75, 3.05) is 13.1 Å². The summed E-state index contributed by atoms with van der Waals surface area (Å²) in [5.74, 6) is 0. The van der Waals surface area contributed by atoms with Gasteiger partial charge in [-0.3, -0.25) is 4.90 Å². The molecule has 0 bridgehead atoms. The fourth-order valence-corrected chi connectivity index (χ4v) is 2.24. The normalized spacial score (nSPS) is 31.4. The molecule has 82 valence electrons. The minimum Gasteiger partial charge on any atom is -0.393 e. The Kier molecular flexibility index (Phi) is 4.29. The highest BCUT2D eigenvalue weighted by Gasteiger charge is 2.25. The number of rotatable bonds is 3. The summed E-state index contributed by atoms with van der Waals surface area (Å²) in [4.78, 5) is 3.00. The zero-order chi connectivity index (χ0) is 10.7. The maximum absolute atomic E-state index is 5.67. The van der Waals surface area contributed by atoms with Gasteiger partial charge in [-0.1, -0.05) is 12.2 Å². The fraction of sp³-hybridized carbons (Fsp3) is 0.900. The monoisotopic (exact) mass is 216 g/mol. The minimum absolute atomic E-state index is 0.313. The van der Waals surface area contributed by atoms with E-state index >= 15 is 0 Å². The third-order valence-corrected chi connectivity index (χ3v) is 2.73. The molecule has 3 atom stereocenters. The number of nitrogens with two attached hydrogens (primary N) is 1. The van der Waals surface area contributed by atoms with E-state index in [9.17, 15) is 0 Å². The molecule has 1 aliphatic heterocycles.